The number of hydrogen-bond donors (Lipinski definition) is 2. The third kappa shape index (κ3) is 4.38. The van der Waals surface area contributed by atoms with Crippen molar-refractivity contribution in [3.8, 4) is 11.5 Å². The van der Waals surface area contributed by atoms with Crippen LogP contribution in [0, 0.1) is 13.8 Å². The van der Waals surface area contributed by atoms with E-state index in [-0.39, 0.29) is 25.0 Å². The second-order valence-corrected chi connectivity index (χ2v) is 7.57. The van der Waals surface area contributed by atoms with Gasteiger partial charge in [0.05, 0.1) is 12.1 Å². The third-order valence-corrected chi connectivity index (χ3v) is 5.21. The molecule has 2 amide bonds. The van der Waals surface area contributed by atoms with E-state index >= 15 is 0 Å². The lowest BCUT2D eigenvalue weighted by Crippen LogP contribution is -2.16. The number of fused-ring (bicyclic) bond motifs is 1. The van der Waals surface area contributed by atoms with Crippen molar-refractivity contribution >= 4 is 34.0 Å². The summed E-state index contributed by atoms with van der Waals surface area (Å²) in [5, 5.41) is 7.84. The van der Waals surface area contributed by atoms with Crippen LogP contribution in [0.1, 0.15) is 27.2 Å². The molecule has 0 fully saturated rings. The first-order valence-corrected chi connectivity index (χ1v) is 9.88. The van der Waals surface area contributed by atoms with Crippen molar-refractivity contribution in [2.45, 2.75) is 20.3 Å². The Labute approximate surface area is 171 Å². The number of amides is 2. The van der Waals surface area contributed by atoms with E-state index in [0.717, 1.165) is 16.8 Å². The van der Waals surface area contributed by atoms with Gasteiger partial charge < -0.3 is 14.8 Å². The summed E-state index contributed by atoms with van der Waals surface area (Å²) in [4.78, 5) is 29.1. The van der Waals surface area contributed by atoms with Gasteiger partial charge in [-0.1, -0.05) is 17.7 Å². The summed E-state index contributed by atoms with van der Waals surface area (Å²) in [5.41, 5.74) is 3.97. The zero-order valence-electron chi connectivity index (χ0n) is 15.9. The number of rotatable bonds is 5. The predicted octanol–water partition coefficient (Wildman–Crippen LogP) is 3.92. The highest BCUT2D eigenvalue weighted by atomic mass is 32.1. The Morgan fingerprint density at radius 1 is 1.07 bits per heavy atom. The number of anilines is 2. The molecule has 0 saturated carbocycles. The molecule has 0 saturated heterocycles. The van der Waals surface area contributed by atoms with Gasteiger partial charge in [0.15, 0.2) is 16.6 Å². The maximum atomic E-state index is 12.4. The summed E-state index contributed by atoms with van der Waals surface area (Å²) >= 11 is 1.27. The number of aromatic nitrogens is 1. The highest BCUT2D eigenvalue weighted by Crippen LogP contribution is 2.32. The van der Waals surface area contributed by atoms with Crippen molar-refractivity contribution in [1.29, 1.82) is 0 Å². The second-order valence-electron chi connectivity index (χ2n) is 6.71. The third-order valence-electron chi connectivity index (χ3n) is 4.40. The van der Waals surface area contributed by atoms with Crippen LogP contribution in [0.4, 0.5) is 10.8 Å². The van der Waals surface area contributed by atoms with Gasteiger partial charge in [0.25, 0.3) is 5.91 Å². The molecule has 1 aliphatic heterocycles. The SMILES string of the molecule is Cc1ccc(NC(=O)Cc2csc(NC(=O)c3ccc4c(c3)OCO4)n2)c(C)c1. The van der Waals surface area contributed by atoms with Crippen LogP contribution in [-0.2, 0) is 11.2 Å². The lowest BCUT2D eigenvalue weighted by atomic mass is 10.1. The summed E-state index contributed by atoms with van der Waals surface area (Å²) in [6.07, 6.45) is 0.129. The number of ether oxygens (including phenoxy) is 2. The van der Waals surface area contributed by atoms with Crippen molar-refractivity contribution in [2.24, 2.45) is 0 Å². The molecule has 7 nitrogen and oxygen atoms in total. The monoisotopic (exact) mass is 409 g/mol. The summed E-state index contributed by atoms with van der Waals surface area (Å²) in [7, 11) is 0. The van der Waals surface area contributed by atoms with Crippen LogP contribution in [0.15, 0.2) is 41.8 Å². The van der Waals surface area contributed by atoms with Gasteiger partial charge in [-0.05, 0) is 43.7 Å². The second kappa shape index (κ2) is 7.92. The smallest absolute Gasteiger partial charge is 0.257 e. The van der Waals surface area contributed by atoms with Crippen LogP contribution >= 0.6 is 11.3 Å². The molecule has 1 aromatic heterocycles. The first-order chi connectivity index (χ1) is 14.0. The van der Waals surface area contributed by atoms with E-state index in [4.69, 9.17) is 9.47 Å². The highest BCUT2D eigenvalue weighted by molar-refractivity contribution is 7.14. The Morgan fingerprint density at radius 2 is 1.90 bits per heavy atom. The van der Waals surface area contributed by atoms with Gasteiger partial charge in [-0.3, -0.25) is 14.9 Å². The predicted molar refractivity (Wildman–Crippen MR) is 111 cm³/mol. The molecule has 0 radical (unpaired) electrons. The van der Waals surface area contributed by atoms with Crippen LogP contribution in [0.3, 0.4) is 0 Å². The van der Waals surface area contributed by atoms with Gasteiger partial charge in [0.1, 0.15) is 0 Å². The number of aryl methyl sites for hydroxylation is 2. The van der Waals surface area contributed by atoms with Gasteiger partial charge in [-0.25, -0.2) is 4.98 Å². The standard InChI is InChI=1S/C21H19N3O4S/c1-12-3-5-16(13(2)7-12)23-19(25)9-15-10-29-21(22-15)24-20(26)14-4-6-17-18(8-14)28-11-27-17/h3-8,10H,9,11H2,1-2H3,(H,23,25)(H,22,24,26). The average Bonchev–Trinajstić information content (AvgIpc) is 3.32. The molecular formula is C21H19N3O4S. The van der Waals surface area contributed by atoms with Crippen LogP contribution in [-0.4, -0.2) is 23.6 Å². The topological polar surface area (TPSA) is 89.6 Å². The van der Waals surface area contributed by atoms with Crippen molar-refractivity contribution in [2.75, 3.05) is 17.4 Å². The van der Waals surface area contributed by atoms with Crippen molar-refractivity contribution in [3.05, 3.63) is 64.2 Å². The van der Waals surface area contributed by atoms with Crippen molar-refractivity contribution < 1.29 is 19.1 Å². The molecule has 0 bridgehead atoms. The zero-order chi connectivity index (χ0) is 20.4. The summed E-state index contributed by atoms with van der Waals surface area (Å²) in [6, 6.07) is 10.8. The molecule has 0 unspecified atom stereocenters. The van der Waals surface area contributed by atoms with Crippen LogP contribution < -0.4 is 20.1 Å². The van der Waals surface area contributed by atoms with E-state index in [0.29, 0.717) is 27.9 Å². The molecule has 2 heterocycles. The van der Waals surface area contributed by atoms with Gasteiger partial charge >= 0.3 is 0 Å². The maximum absolute atomic E-state index is 12.4. The van der Waals surface area contributed by atoms with Crippen LogP contribution in [0.25, 0.3) is 0 Å². The molecule has 0 aliphatic carbocycles. The maximum Gasteiger partial charge on any atom is 0.257 e. The fourth-order valence-corrected chi connectivity index (χ4v) is 3.67. The molecular weight excluding hydrogens is 390 g/mol. The molecule has 29 heavy (non-hydrogen) atoms. The van der Waals surface area contributed by atoms with E-state index in [1.54, 1.807) is 23.6 Å². The van der Waals surface area contributed by atoms with Crippen LogP contribution in [0.2, 0.25) is 0 Å². The van der Waals surface area contributed by atoms with Gasteiger partial charge in [-0.2, -0.15) is 0 Å². The molecule has 4 rings (SSSR count). The minimum absolute atomic E-state index is 0.129. The molecule has 1 aliphatic rings. The number of benzene rings is 2. The van der Waals surface area contributed by atoms with Crippen molar-refractivity contribution in [3.63, 3.8) is 0 Å². The van der Waals surface area contributed by atoms with Crippen LogP contribution in [0.5, 0.6) is 11.5 Å². The molecule has 2 N–H and O–H groups in total. The Hall–Kier alpha value is -3.39. The normalized spacial score (nSPS) is 11.9. The van der Waals surface area contributed by atoms with Gasteiger partial charge in [0.2, 0.25) is 12.7 Å². The molecule has 3 aromatic rings. The quantitative estimate of drug-likeness (QED) is 0.667. The Morgan fingerprint density at radius 3 is 2.72 bits per heavy atom. The van der Waals surface area contributed by atoms with E-state index in [1.165, 1.54) is 11.3 Å². The Balaban J connectivity index is 1.36. The van der Waals surface area contributed by atoms with E-state index < -0.39 is 0 Å². The molecule has 148 valence electrons. The summed E-state index contributed by atoms with van der Waals surface area (Å²) in [6.45, 7) is 4.11. The van der Waals surface area contributed by atoms with E-state index in [2.05, 4.69) is 15.6 Å². The fraction of sp³-hybridized carbons (Fsp3) is 0.190. The minimum atomic E-state index is -0.302. The summed E-state index contributed by atoms with van der Waals surface area (Å²) < 4.78 is 10.5. The van der Waals surface area contributed by atoms with E-state index in [1.807, 2.05) is 32.0 Å². The largest absolute Gasteiger partial charge is 0.454 e. The minimum Gasteiger partial charge on any atom is -0.454 e. The van der Waals surface area contributed by atoms with Gasteiger partial charge in [-0.15, -0.1) is 11.3 Å². The average molecular weight is 409 g/mol. The lowest BCUT2D eigenvalue weighted by Gasteiger charge is -2.08. The zero-order valence-corrected chi connectivity index (χ0v) is 16.8. The highest BCUT2D eigenvalue weighted by Gasteiger charge is 2.17. The summed E-state index contributed by atoms with van der Waals surface area (Å²) in [5.74, 6) is 0.702. The van der Waals surface area contributed by atoms with Crippen molar-refractivity contribution in [1.82, 2.24) is 4.98 Å². The number of carbonyl (C=O) groups excluding carboxylic acids is 2. The number of hydrogen-bond acceptors (Lipinski definition) is 6. The van der Waals surface area contributed by atoms with Gasteiger partial charge in [0, 0.05) is 16.6 Å². The first-order valence-electron chi connectivity index (χ1n) is 9.00. The number of carbonyl (C=O) groups is 2. The molecule has 8 heteroatoms. The number of nitrogens with one attached hydrogen (secondary N) is 2. The molecule has 0 spiro atoms. The molecule has 0 atom stereocenters. The fourth-order valence-electron chi connectivity index (χ4n) is 2.97. The lowest BCUT2D eigenvalue weighted by molar-refractivity contribution is -0.115. The Kier molecular flexibility index (Phi) is 5.18. The van der Waals surface area contributed by atoms with E-state index in [9.17, 15) is 9.59 Å². The Bertz CT molecular complexity index is 1090. The molecule has 2 aromatic carbocycles. The number of nitrogens with zero attached hydrogens (tertiary/aromatic N) is 1. The first kappa shape index (κ1) is 18.9. The number of thiazole rings is 1.